The molecule has 22 heavy (non-hydrogen) atoms. The van der Waals surface area contributed by atoms with Crippen LogP contribution in [0, 0.1) is 0 Å². The van der Waals surface area contributed by atoms with Crippen LogP contribution >= 0.6 is 11.8 Å². The average molecular weight is 309 g/mol. The summed E-state index contributed by atoms with van der Waals surface area (Å²) in [4.78, 5) is 16.9. The molecule has 2 aromatic rings. The first kappa shape index (κ1) is 14.6. The number of thioether (sulfide) groups is 1. The Hall–Kier alpha value is -2.33. The molecule has 1 aliphatic heterocycles. The number of nitrogens with zero attached hydrogens (tertiary/aromatic N) is 1. The van der Waals surface area contributed by atoms with Gasteiger partial charge in [0.05, 0.1) is 0 Å². The number of carbonyl (C=O) groups excluding carboxylic acids is 1. The van der Waals surface area contributed by atoms with Gasteiger partial charge >= 0.3 is 5.97 Å². The second-order valence-corrected chi connectivity index (χ2v) is 5.88. The zero-order chi connectivity index (χ0) is 15.4. The Morgan fingerprint density at radius 2 is 1.95 bits per heavy atom. The van der Waals surface area contributed by atoms with Gasteiger partial charge in [-0.3, -0.25) is 9.79 Å². The number of rotatable bonds is 3. The molecule has 0 saturated heterocycles. The summed E-state index contributed by atoms with van der Waals surface area (Å²) in [5.74, 6) is 1.02. The quantitative estimate of drug-likeness (QED) is 0.476. The Morgan fingerprint density at radius 3 is 2.82 bits per heavy atom. The molecule has 2 aromatic carbocycles. The molecule has 1 heterocycles. The normalized spacial score (nSPS) is 13.6. The van der Waals surface area contributed by atoms with E-state index in [1.807, 2.05) is 36.5 Å². The summed E-state index contributed by atoms with van der Waals surface area (Å²) < 4.78 is 5.16. The zero-order valence-corrected chi connectivity index (χ0v) is 13.0. The summed E-state index contributed by atoms with van der Waals surface area (Å²) in [6.07, 6.45) is 3.98. The molecule has 0 radical (unpaired) electrons. The molecule has 0 N–H and O–H groups in total. The van der Waals surface area contributed by atoms with Crippen LogP contribution in [-0.2, 0) is 4.79 Å². The highest BCUT2D eigenvalue weighted by molar-refractivity contribution is 7.99. The Bertz CT molecular complexity index is 765. The van der Waals surface area contributed by atoms with Gasteiger partial charge in [0, 0.05) is 23.8 Å². The molecule has 0 saturated carbocycles. The van der Waals surface area contributed by atoms with E-state index < -0.39 is 0 Å². The number of esters is 1. The third kappa shape index (κ3) is 3.46. The van der Waals surface area contributed by atoms with E-state index in [1.54, 1.807) is 17.8 Å². The van der Waals surface area contributed by atoms with Crippen LogP contribution < -0.4 is 4.74 Å². The highest BCUT2D eigenvalue weighted by Crippen LogP contribution is 2.32. The minimum absolute atomic E-state index is 0.344. The largest absolute Gasteiger partial charge is 0.424 e. The first-order valence-electron chi connectivity index (χ1n) is 6.96. The van der Waals surface area contributed by atoms with Crippen LogP contribution in [0.4, 0.5) is 5.69 Å². The van der Waals surface area contributed by atoms with Crippen molar-refractivity contribution in [3.05, 3.63) is 59.7 Å². The smallest absolute Gasteiger partial charge is 0.308 e. The van der Waals surface area contributed by atoms with Crippen LogP contribution in [0.1, 0.15) is 12.5 Å². The van der Waals surface area contributed by atoms with Crippen molar-refractivity contribution in [2.75, 3.05) is 5.75 Å². The fourth-order valence-electron chi connectivity index (χ4n) is 2.17. The third-order valence-electron chi connectivity index (χ3n) is 3.14. The van der Waals surface area contributed by atoms with Crippen LogP contribution in [0.15, 0.2) is 64.0 Å². The van der Waals surface area contributed by atoms with E-state index in [4.69, 9.17) is 4.74 Å². The van der Waals surface area contributed by atoms with Gasteiger partial charge in [0.15, 0.2) is 5.75 Å². The second kappa shape index (κ2) is 6.62. The van der Waals surface area contributed by atoms with E-state index in [0.717, 1.165) is 11.3 Å². The van der Waals surface area contributed by atoms with Crippen LogP contribution in [-0.4, -0.2) is 17.9 Å². The summed E-state index contributed by atoms with van der Waals surface area (Å²) in [5, 5.41) is 0. The standard InChI is InChI=1S/C18H15NO2S/c1-13(20)21-17-8-4-3-7-16(17)19-11-14-10-15-6-2-5-9-18(15)22-12-14/h2-11H,12H2,1H3. The van der Waals surface area contributed by atoms with Crippen molar-refractivity contribution in [3.8, 4) is 5.75 Å². The van der Waals surface area contributed by atoms with Crippen molar-refractivity contribution in [2.24, 2.45) is 4.99 Å². The molecule has 0 spiro atoms. The molecule has 3 nitrogen and oxygen atoms in total. The van der Waals surface area contributed by atoms with Crippen molar-refractivity contribution >= 4 is 35.7 Å². The van der Waals surface area contributed by atoms with E-state index in [0.29, 0.717) is 11.4 Å². The fourth-order valence-corrected chi connectivity index (χ4v) is 3.11. The summed E-state index contributed by atoms with van der Waals surface area (Å²) in [5.41, 5.74) is 3.01. The first-order chi connectivity index (χ1) is 10.7. The molecule has 110 valence electrons. The lowest BCUT2D eigenvalue weighted by atomic mass is 10.1. The Labute approximate surface area is 133 Å². The fraction of sp³-hybridized carbons (Fsp3) is 0.111. The number of ether oxygens (including phenoxy) is 1. The molecular formula is C18H15NO2S. The molecule has 0 atom stereocenters. The second-order valence-electron chi connectivity index (χ2n) is 4.87. The Balaban J connectivity index is 1.84. The number of aliphatic imine (C=N–C) groups is 1. The summed E-state index contributed by atoms with van der Waals surface area (Å²) in [7, 11) is 0. The predicted molar refractivity (Wildman–Crippen MR) is 91.0 cm³/mol. The number of fused-ring (bicyclic) bond motifs is 1. The van der Waals surface area contributed by atoms with Gasteiger partial charge in [0.25, 0.3) is 0 Å². The zero-order valence-electron chi connectivity index (χ0n) is 12.2. The lowest BCUT2D eigenvalue weighted by molar-refractivity contribution is -0.131. The van der Waals surface area contributed by atoms with Gasteiger partial charge in [-0.05, 0) is 35.4 Å². The van der Waals surface area contributed by atoms with Crippen molar-refractivity contribution in [1.29, 1.82) is 0 Å². The molecule has 3 rings (SSSR count). The Morgan fingerprint density at radius 1 is 1.18 bits per heavy atom. The SMILES string of the molecule is CC(=O)Oc1ccccc1N=CC1=Cc2ccccc2SC1. The van der Waals surface area contributed by atoms with Gasteiger partial charge in [-0.15, -0.1) is 11.8 Å². The third-order valence-corrected chi connectivity index (χ3v) is 4.30. The van der Waals surface area contributed by atoms with E-state index in [-0.39, 0.29) is 5.97 Å². The van der Waals surface area contributed by atoms with E-state index in [9.17, 15) is 4.79 Å². The molecule has 0 amide bonds. The topological polar surface area (TPSA) is 38.7 Å². The molecule has 0 aliphatic carbocycles. The van der Waals surface area contributed by atoms with Crippen molar-refractivity contribution in [3.63, 3.8) is 0 Å². The summed E-state index contributed by atoms with van der Waals surface area (Å²) >= 11 is 1.80. The molecule has 1 aliphatic rings. The molecule has 0 fully saturated rings. The molecule has 0 aromatic heterocycles. The lowest BCUT2D eigenvalue weighted by Crippen LogP contribution is -2.01. The number of benzene rings is 2. The maximum Gasteiger partial charge on any atom is 0.308 e. The maximum absolute atomic E-state index is 11.1. The van der Waals surface area contributed by atoms with Gasteiger partial charge in [0.1, 0.15) is 5.69 Å². The highest BCUT2D eigenvalue weighted by atomic mass is 32.2. The minimum Gasteiger partial charge on any atom is -0.424 e. The molecule has 4 heteroatoms. The highest BCUT2D eigenvalue weighted by Gasteiger charge is 2.09. The summed E-state index contributed by atoms with van der Waals surface area (Å²) in [6.45, 7) is 1.39. The predicted octanol–water partition coefficient (Wildman–Crippen LogP) is 4.50. The van der Waals surface area contributed by atoms with Gasteiger partial charge < -0.3 is 4.74 Å². The van der Waals surface area contributed by atoms with Crippen LogP contribution in [0.2, 0.25) is 0 Å². The van der Waals surface area contributed by atoms with Gasteiger partial charge in [-0.1, -0.05) is 30.3 Å². The van der Waals surface area contributed by atoms with Crippen LogP contribution in [0.3, 0.4) is 0 Å². The number of hydrogen-bond donors (Lipinski definition) is 0. The number of hydrogen-bond acceptors (Lipinski definition) is 4. The average Bonchev–Trinajstić information content (AvgIpc) is 2.53. The van der Waals surface area contributed by atoms with Gasteiger partial charge in [0.2, 0.25) is 0 Å². The molecule has 0 unspecified atom stereocenters. The van der Waals surface area contributed by atoms with Gasteiger partial charge in [-0.2, -0.15) is 0 Å². The minimum atomic E-state index is -0.344. The maximum atomic E-state index is 11.1. The Kier molecular flexibility index (Phi) is 4.39. The summed E-state index contributed by atoms with van der Waals surface area (Å²) in [6, 6.07) is 15.6. The van der Waals surface area contributed by atoms with Crippen LogP contribution in [0.25, 0.3) is 6.08 Å². The van der Waals surface area contributed by atoms with Crippen molar-refractivity contribution < 1.29 is 9.53 Å². The molecular weight excluding hydrogens is 294 g/mol. The van der Waals surface area contributed by atoms with Gasteiger partial charge in [-0.25, -0.2) is 0 Å². The van der Waals surface area contributed by atoms with E-state index in [1.165, 1.54) is 17.4 Å². The van der Waals surface area contributed by atoms with E-state index >= 15 is 0 Å². The van der Waals surface area contributed by atoms with E-state index in [2.05, 4.69) is 23.2 Å². The number of para-hydroxylation sites is 2. The lowest BCUT2D eigenvalue weighted by Gasteiger charge is -2.13. The van der Waals surface area contributed by atoms with Crippen molar-refractivity contribution in [2.45, 2.75) is 11.8 Å². The van der Waals surface area contributed by atoms with Crippen LogP contribution in [0.5, 0.6) is 5.75 Å². The monoisotopic (exact) mass is 309 g/mol. The number of carbonyl (C=O) groups is 1. The molecule has 0 bridgehead atoms. The first-order valence-corrected chi connectivity index (χ1v) is 7.95. The van der Waals surface area contributed by atoms with Crippen molar-refractivity contribution in [1.82, 2.24) is 0 Å².